The highest BCUT2D eigenvalue weighted by molar-refractivity contribution is 5.89. The minimum Gasteiger partial charge on any atom is -0.394 e. The van der Waals surface area contributed by atoms with Crippen LogP contribution in [0.3, 0.4) is 0 Å². The molecule has 0 bridgehead atoms. The van der Waals surface area contributed by atoms with E-state index in [1.807, 2.05) is 6.08 Å². The van der Waals surface area contributed by atoms with Crippen molar-refractivity contribution in [2.24, 2.45) is 0 Å². The van der Waals surface area contributed by atoms with E-state index in [1.54, 1.807) is 13.0 Å². The fourth-order valence-corrected chi connectivity index (χ4v) is 2.67. The lowest BCUT2D eigenvalue weighted by Crippen LogP contribution is -2.34. The van der Waals surface area contributed by atoms with Crippen LogP contribution in [0.2, 0.25) is 0 Å². The van der Waals surface area contributed by atoms with E-state index in [-0.39, 0.29) is 24.3 Å². The van der Waals surface area contributed by atoms with Crippen molar-refractivity contribution in [1.82, 2.24) is 5.32 Å². The molecule has 0 heterocycles. The molecule has 0 spiro atoms. The van der Waals surface area contributed by atoms with Gasteiger partial charge in [-0.15, -0.1) is 0 Å². The first-order valence-electron chi connectivity index (χ1n) is 10.2. The summed E-state index contributed by atoms with van der Waals surface area (Å²) in [7, 11) is 0. The van der Waals surface area contributed by atoms with Gasteiger partial charge in [0.05, 0.1) is 6.61 Å². The van der Waals surface area contributed by atoms with Crippen molar-refractivity contribution in [2.75, 3.05) is 6.61 Å². The van der Waals surface area contributed by atoms with E-state index in [4.69, 9.17) is 5.11 Å². The predicted molar refractivity (Wildman–Crippen MR) is 105 cm³/mol. The number of carbonyl (C=O) groups is 2. The van der Waals surface area contributed by atoms with Gasteiger partial charge >= 0.3 is 0 Å². The topological polar surface area (TPSA) is 66.4 Å². The molecule has 4 nitrogen and oxygen atoms in total. The van der Waals surface area contributed by atoms with Crippen LogP contribution < -0.4 is 5.32 Å². The number of aliphatic hydroxyl groups is 1. The van der Waals surface area contributed by atoms with Gasteiger partial charge in [-0.05, 0) is 38.7 Å². The van der Waals surface area contributed by atoms with Gasteiger partial charge in [0.2, 0.25) is 5.91 Å². The van der Waals surface area contributed by atoms with Crippen LogP contribution in [0.1, 0.15) is 97.3 Å². The summed E-state index contributed by atoms with van der Waals surface area (Å²) in [5.74, 6) is 0.289. The summed E-state index contributed by atoms with van der Waals surface area (Å²) in [6.45, 7) is 3.98. The molecule has 0 aromatic rings. The Morgan fingerprint density at radius 3 is 2.20 bits per heavy atom. The Hall–Kier alpha value is -1.16. The summed E-state index contributed by atoms with van der Waals surface area (Å²) in [6.07, 6.45) is 17.3. The number of hydrogen-bond acceptors (Lipinski definition) is 3. The highest BCUT2D eigenvalue weighted by Crippen LogP contribution is 2.09. The molecule has 0 aliphatic carbocycles. The summed E-state index contributed by atoms with van der Waals surface area (Å²) < 4.78 is 0. The number of amides is 1. The summed E-state index contributed by atoms with van der Waals surface area (Å²) in [4.78, 5) is 23.2. The van der Waals surface area contributed by atoms with E-state index in [2.05, 4.69) is 12.2 Å². The van der Waals surface area contributed by atoms with Crippen LogP contribution in [0.5, 0.6) is 0 Å². The number of carbonyl (C=O) groups excluding carboxylic acids is 2. The first-order valence-corrected chi connectivity index (χ1v) is 10.2. The van der Waals surface area contributed by atoms with E-state index in [1.165, 1.54) is 25.7 Å². The van der Waals surface area contributed by atoms with Gasteiger partial charge in [-0.3, -0.25) is 9.59 Å². The molecule has 0 saturated carbocycles. The lowest BCUT2D eigenvalue weighted by atomic mass is 10.1. The molecule has 1 amide bonds. The van der Waals surface area contributed by atoms with Crippen LogP contribution >= 0.6 is 0 Å². The minimum atomic E-state index is -0.154. The van der Waals surface area contributed by atoms with Crippen molar-refractivity contribution in [3.05, 3.63) is 12.2 Å². The van der Waals surface area contributed by atoms with Crippen molar-refractivity contribution >= 4 is 11.7 Å². The quantitative estimate of drug-likeness (QED) is 0.294. The smallest absolute Gasteiger partial charge is 0.220 e. The van der Waals surface area contributed by atoms with Gasteiger partial charge in [0.15, 0.2) is 5.78 Å². The molecule has 0 radical (unpaired) electrons. The molecule has 25 heavy (non-hydrogen) atoms. The SMILES string of the molecule is CCCCCCCC(=O)/C=C/CCCCCCCC(=O)N[C@H](C)CO. The Morgan fingerprint density at radius 1 is 0.920 bits per heavy atom. The molecule has 4 heteroatoms. The van der Waals surface area contributed by atoms with E-state index in [9.17, 15) is 9.59 Å². The lowest BCUT2D eigenvalue weighted by Gasteiger charge is -2.10. The maximum atomic E-state index is 11.7. The van der Waals surface area contributed by atoms with E-state index < -0.39 is 0 Å². The number of hydrogen-bond donors (Lipinski definition) is 2. The summed E-state index contributed by atoms with van der Waals surface area (Å²) in [6, 6.07) is -0.154. The Bertz CT molecular complexity index is 366. The second kappa shape index (κ2) is 17.7. The molecule has 2 N–H and O–H groups in total. The molecule has 0 aliphatic rings. The number of aliphatic hydroxyl groups excluding tert-OH is 1. The van der Waals surface area contributed by atoms with Crippen LogP contribution in [0, 0.1) is 0 Å². The standard InChI is InChI=1S/C21H39NO3/c1-3-4-5-9-12-15-20(24)16-13-10-7-6-8-11-14-17-21(25)22-19(2)18-23/h13,16,19,23H,3-12,14-15,17-18H2,1-2H3,(H,22,25)/b16-13+/t19-/m1/s1. The van der Waals surface area contributed by atoms with Crippen LogP contribution in [0.25, 0.3) is 0 Å². The third-order valence-electron chi connectivity index (χ3n) is 4.29. The zero-order chi connectivity index (χ0) is 18.8. The van der Waals surface area contributed by atoms with Crippen molar-refractivity contribution in [1.29, 1.82) is 0 Å². The van der Waals surface area contributed by atoms with E-state index >= 15 is 0 Å². The number of unbranched alkanes of at least 4 members (excludes halogenated alkanes) is 9. The third kappa shape index (κ3) is 17.5. The molecule has 1 atom stereocenters. The summed E-state index contributed by atoms with van der Waals surface area (Å²) >= 11 is 0. The maximum Gasteiger partial charge on any atom is 0.220 e. The fourth-order valence-electron chi connectivity index (χ4n) is 2.67. The molecule has 0 saturated heterocycles. The predicted octanol–water partition coefficient (Wildman–Crippen LogP) is 4.70. The number of allylic oxidation sites excluding steroid dienone is 2. The largest absolute Gasteiger partial charge is 0.394 e. The Morgan fingerprint density at radius 2 is 1.52 bits per heavy atom. The van der Waals surface area contributed by atoms with Gasteiger partial charge in [-0.1, -0.05) is 57.9 Å². The number of rotatable bonds is 17. The van der Waals surface area contributed by atoms with Crippen molar-refractivity contribution < 1.29 is 14.7 Å². The molecule has 146 valence electrons. The minimum absolute atomic E-state index is 0.0133. The third-order valence-corrected chi connectivity index (χ3v) is 4.29. The fraction of sp³-hybridized carbons (Fsp3) is 0.810. The van der Waals surface area contributed by atoms with Gasteiger partial charge < -0.3 is 10.4 Å². The molecule has 0 fully saturated rings. The molecule has 0 aromatic heterocycles. The van der Waals surface area contributed by atoms with Gasteiger partial charge in [0.1, 0.15) is 0 Å². The van der Waals surface area contributed by atoms with Gasteiger partial charge in [-0.25, -0.2) is 0 Å². The Labute approximate surface area is 154 Å². The van der Waals surface area contributed by atoms with Gasteiger partial charge in [0.25, 0.3) is 0 Å². The average molecular weight is 354 g/mol. The normalized spacial score (nSPS) is 12.4. The Kier molecular flexibility index (Phi) is 16.8. The monoisotopic (exact) mass is 353 g/mol. The molecule has 0 unspecified atom stereocenters. The first-order chi connectivity index (χ1) is 12.1. The zero-order valence-corrected chi connectivity index (χ0v) is 16.4. The summed E-state index contributed by atoms with van der Waals surface area (Å²) in [5, 5.41) is 11.6. The van der Waals surface area contributed by atoms with Crippen LogP contribution in [-0.4, -0.2) is 29.4 Å². The van der Waals surface area contributed by atoms with Crippen molar-refractivity contribution in [3.63, 3.8) is 0 Å². The second-order valence-corrected chi connectivity index (χ2v) is 6.99. The zero-order valence-electron chi connectivity index (χ0n) is 16.4. The van der Waals surface area contributed by atoms with Gasteiger partial charge in [-0.2, -0.15) is 0 Å². The van der Waals surface area contributed by atoms with E-state index in [0.717, 1.165) is 44.9 Å². The first kappa shape index (κ1) is 23.8. The number of ketones is 1. The maximum absolute atomic E-state index is 11.7. The van der Waals surface area contributed by atoms with Crippen molar-refractivity contribution in [2.45, 2.75) is 103 Å². The highest BCUT2D eigenvalue weighted by atomic mass is 16.3. The van der Waals surface area contributed by atoms with Gasteiger partial charge in [0, 0.05) is 18.9 Å². The molecular weight excluding hydrogens is 314 g/mol. The molecule has 0 aromatic carbocycles. The highest BCUT2D eigenvalue weighted by Gasteiger charge is 2.05. The van der Waals surface area contributed by atoms with E-state index in [0.29, 0.717) is 12.8 Å². The second-order valence-electron chi connectivity index (χ2n) is 6.99. The Balaban J connectivity index is 3.39. The van der Waals surface area contributed by atoms with Crippen LogP contribution in [-0.2, 0) is 9.59 Å². The molecule has 0 rings (SSSR count). The van der Waals surface area contributed by atoms with Crippen LogP contribution in [0.15, 0.2) is 12.2 Å². The lowest BCUT2D eigenvalue weighted by molar-refractivity contribution is -0.122. The summed E-state index contributed by atoms with van der Waals surface area (Å²) in [5.41, 5.74) is 0. The average Bonchev–Trinajstić information content (AvgIpc) is 2.59. The van der Waals surface area contributed by atoms with Crippen LogP contribution in [0.4, 0.5) is 0 Å². The molecule has 0 aliphatic heterocycles. The van der Waals surface area contributed by atoms with Crippen molar-refractivity contribution in [3.8, 4) is 0 Å². The molecular formula is C21H39NO3. The number of nitrogens with one attached hydrogen (secondary N) is 1.